The highest BCUT2D eigenvalue weighted by atomic mass is 19.1. The summed E-state index contributed by atoms with van der Waals surface area (Å²) in [5, 5.41) is 12.3. The normalized spacial score (nSPS) is 16.5. The first-order chi connectivity index (χ1) is 8.59. The van der Waals surface area contributed by atoms with Crippen molar-refractivity contribution in [2.45, 2.75) is 38.1 Å². The van der Waals surface area contributed by atoms with Crippen molar-refractivity contribution in [1.82, 2.24) is 0 Å². The molecule has 0 spiro atoms. The van der Waals surface area contributed by atoms with Gasteiger partial charge in [0.1, 0.15) is 11.4 Å². The van der Waals surface area contributed by atoms with E-state index in [1.165, 1.54) is 18.6 Å². The molecule has 0 radical (unpaired) electrons. The summed E-state index contributed by atoms with van der Waals surface area (Å²) >= 11 is 0. The lowest BCUT2D eigenvalue weighted by Gasteiger charge is -2.25. The number of carboxylic acids is 1. The van der Waals surface area contributed by atoms with Crippen LogP contribution in [-0.2, 0) is 0 Å². The van der Waals surface area contributed by atoms with Gasteiger partial charge in [-0.05, 0) is 25.0 Å². The van der Waals surface area contributed by atoms with Crippen molar-refractivity contribution in [3.8, 4) is 0 Å². The molecule has 1 fully saturated rings. The number of hydrogen-bond acceptors (Lipinski definition) is 3. The number of carboxylic acid groups (broad SMARTS) is 1. The Bertz CT molecular complexity index is 457. The standard InChI is InChI=1S/C13H17FN2O2/c14-9-6-7-10(11(12(9)15)13(17)18)16-8-4-2-1-3-5-8/h6-8,16H,1-5,15H2,(H,17,18). The van der Waals surface area contributed by atoms with Gasteiger partial charge in [-0.15, -0.1) is 0 Å². The minimum atomic E-state index is -1.20. The van der Waals surface area contributed by atoms with Gasteiger partial charge in [0, 0.05) is 6.04 Å². The summed E-state index contributed by atoms with van der Waals surface area (Å²) in [4.78, 5) is 11.1. The van der Waals surface area contributed by atoms with Gasteiger partial charge in [-0.2, -0.15) is 0 Å². The lowest BCUT2D eigenvalue weighted by Crippen LogP contribution is -2.24. The molecule has 1 aromatic rings. The minimum absolute atomic E-state index is 0.166. The molecule has 4 N–H and O–H groups in total. The van der Waals surface area contributed by atoms with Gasteiger partial charge in [0.2, 0.25) is 0 Å². The first kappa shape index (κ1) is 12.7. The monoisotopic (exact) mass is 252 g/mol. The Morgan fingerprint density at radius 1 is 1.33 bits per heavy atom. The van der Waals surface area contributed by atoms with Crippen LogP contribution in [0, 0.1) is 5.82 Å². The number of nitrogens with two attached hydrogens (primary N) is 1. The SMILES string of the molecule is Nc1c(F)ccc(NC2CCCCC2)c1C(=O)O. The Balaban J connectivity index is 2.26. The van der Waals surface area contributed by atoms with Gasteiger partial charge in [0.25, 0.3) is 0 Å². The van der Waals surface area contributed by atoms with Crippen LogP contribution in [0.2, 0.25) is 0 Å². The molecule has 1 aliphatic rings. The Labute approximate surface area is 105 Å². The number of anilines is 2. The number of rotatable bonds is 3. The van der Waals surface area contributed by atoms with Crippen molar-refractivity contribution in [3.05, 3.63) is 23.5 Å². The molecule has 1 aliphatic carbocycles. The fourth-order valence-corrected chi connectivity index (χ4v) is 2.41. The third-order valence-corrected chi connectivity index (χ3v) is 3.37. The van der Waals surface area contributed by atoms with Crippen molar-refractivity contribution < 1.29 is 14.3 Å². The van der Waals surface area contributed by atoms with Gasteiger partial charge in [-0.3, -0.25) is 0 Å². The predicted molar refractivity (Wildman–Crippen MR) is 68.3 cm³/mol. The Hall–Kier alpha value is -1.78. The molecule has 1 aromatic carbocycles. The summed E-state index contributed by atoms with van der Waals surface area (Å²) in [6.45, 7) is 0. The van der Waals surface area contributed by atoms with E-state index < -0.39 is 11.8 Å². The first-order valence-corrected chi connectivity index (χ1v) is 6.17. The summed E-state index contributed by atoms with van der Waals surface area (Å²) in [5.74, 6) is -1.90. The molecule has 18 heavy (non-hydrogen) atoms. The van der Waals surface area contributed by atoms with E-state index in [2.05, 4.69) is 5.32 Å². The van der Waals surface area contributed by atoms with Crippen LogP contribution in [-0.4, -0.2) is 17.1 Å². The smallest absolute Gasteiger partial charge is 0.340 e. The van der Waals surface area contributed by atoms with E-state index in [1.54, 1.807) is 0 Å². The minimum Gasteiger partial charge on any atom is -0.478 e. The molecule has 4 nitrogen and oxygen atoms in total. The molecule has 0 amide bonds. The fourth-order valence-electron chi connectivity index (χ4n) is 2.41. The molecular weight excluding hydrogens is 235 g/mol. The zero-order valence-corrected chi connectivity index (χ0v) is 10.1. The number of carbonyl (C=O) groups is 1. The molecule has 1 saturated carbocycles. The predicted octanol–water partition coefficient (Wildman–Crippen LogP) is 2.85. The number of aromatic carboxylic acids is 1. The van der Waals surface area contributed by atoms with E-state index in [-0.39, 0.29) is 17.3 Å². The van der Waals surface area contributed by atoms with Crippen molar-refractivity contribution in [2.75, 3.05) is 11.1 Å². The third-order valence-electron chi connectivity index (χ3n) is 3.37. The van der Waals surface area contributed by atoms with E-state index in [1.807, 2.05) is 0 Å². The van der Waals surface area contributed by atoms with Gasteiger partial charge in [0.05, 0.1) is 11.4 Å². The Morgan fingerprint density at radius 2 is 2.00 bits per heavy atom. The van der Waals surface area contributed by atoms with Crippen molar-refractivity contribution in [1.29, 1.82) is 0 Å². The first-order valence-electron chi connectivity index (χ1n) is 6.17. The molecule has 0 aromatic heterocycles. The number of hydrogen-bond donors (Lipinski definition) is 3. The average Bonchev–Trinajstić information content (AvgIpc) is 2.35. The number of nitrogens with one attached hydrogen (secondary N) is 1. The van der Waals surface area contributed by atoms with Gasteiger partial charge >= 0.3 is 5.97 Å². The van der Waals surface area contributed by atoms with Crippen LogP contribution in [0.5, 0.6) is 0 Å². The lowest BCUT2D eigenvalue weighted by molar-refractivity contribution is 0.0698. The second-order valence-corrected chi connectivity index (χ2v) is 4.67. The van der Waals surface area contributed by atoms with E-state index in [4.69, 9.17) is 10.8 Å². The van der Waals surface area contributed by atoms with Crippen LogP contribution in [0.15, 0.2) is 12.1 Å². The Morgan fingerprint density at radius 3 is 2.61 bits per heavy atom. The van der Waals surface area contributed by atoms with Crippen molar-refractivity contribution >= 4 is 17.3 Å². The van der Waals surface area contributed by atoms with Gasteiger partial charge in [0.15, 0.2) is 0 Å². The quantitative estimate of drug-likeness (QED) is 0.723. The second-order valence-electron chi connectivity index (χ2n) is 4.67. The fraction of sp³-hybridized carbons (Fsp3) is 0.462. The summed E-state index contributed by atoms with van der Waals surface area (Å²) in [6.07, 6.45) is 5.51. The largest absolute Gasteiger partial charge is 0.478 e. The molecule has 0 heterocycles. The van der Waals surface area contributed by atoms with Crippen LogP contribution in [0.1, 0.15) is 42.5 Å². The maximum absolute atomic E-state index is 13.3. The van der Waals surface area contributed by atoms with Crippen LogP contribution in [0.25, 0.3) is 0 Å². The van der Waals surface area contributed by atoms with E-state index >= 15 is 0 Å². The highest BCUT2D eigenvalue weighted by molar-refractivity contribution is 6.00. The molecule has 0 unspecified atom stereocenters. The van der Waals surface area contributed by atoms with Gasteiger partial charge in [-0.25, -0.2) is 9.18 Å². The zero-order valence-electron chi connectivity index (χ0n) is 10.1. The molecule has 98 valence electrons. The maximum atomic E-state index is 13.3. The average molecular weight is 252 g/mol. The molecular formula is C13H17FN2O2. The molecule has 0 atom stereocenters. The number of halogens is 1. The highest BCUT2D eigenvalue weighted by Crippen LogP contribution is 2.28. The topological polar surface area (TPSA) is 75.3 Å². The second kappa shape index (κ2) is 5.25. The summed E-state index contributed by atoms with van der Waals surface area (Å²) in [7, 11) is 0. The van der Waals surface area contributed by atoms with Gasteiger partial charge in [-0.1, -0.05) is 19.3 Å². The molecule has 0 bridgehead atoms. The number of benzene rings is 1. The van der Waals surface area contributed by atoms with Crippen molar-refractivity contribution in [2.24, 2.45) is 0 Å². The molecule has 0 aliphatic heterocycles. The Kier molecular flexibility index (Phi) is 3.69. The highest BCUT2D eigenvalue weighted by Gasteiger charge is 2.20. The van der Waals surface area contributed by atoms with E-state index in [0.29, 0.717) is 5.69 Å². The van der Waals surface area contributed by atoms with Crippen molar-refractivity contribution in [3.63, 3.8) is 0 Å². The van der Waals surface area contributed by atoms with Crippen LogP contribution >= 0.6 is 0 Å². The lowest BCUT2D eigenvalue weighted by atomic mass is 9.95. The van der Waals surface area contributed by atoms with E-state index in [9.17, 15) is 9.18 Å². The van der Waals surface area contributed by atoms with Crippen LogP contribution in [0.3, 0.4) is 0 Å². The molecule has 2 rings (SSSR count). The van der Waals surface area contributed by atoms with Gasteiger partial charge < -0.3 is 16.2 Å². The van der Waals surface area contributed by atoms with Crippen LogP contribution < -0.4 is 11.1 Å². The molecule has 5 heteroatoms. The van der Waals surface area contributed by atoms with E-state index in [0.717, 1.165) is 25.7 Å². The number of nitrogen functional groups attached to an aromatic ring is 1. The zero-order chi connectivity index (χ0) is 13.1. The summed E-state index contributed by atoms with van der Waals surface area (Å²) < 4.78 is 13.3. The summed E-state index contributed by atoms with van der Waals surface area (Å²) in [5.41, 5.74) is 5.44. The van der Waals surface area contributed by atoms with Crippen LogP contribution in [0.4, 0.5) is 15.8 Å². The molecule has 0 saturated heterocycles. The summed E-state index contributed by atoms with van der Waals surface area (Å²) in [6, 6.07) is 2.90. The maximum Gasteiger partial charge on any atom is 0.340 e. The third kappa shape index (κ3) is 2.55.